The molecule has 18 heavy (non-hydrogen) atoms. The molecule has 100 valence electrons. The summed E-state index contributed by atoms with van der Waals surface area (Å²) < 4.78 is 0. The summed E-state index contributed by atoms with van der Waals surface area (Å²) in [5.41, 5.74) is 5.16. The summed E-state index contributed by atoms with van der Waals surface area (Å²) >= 11 is 0. The lowest BCUT2D eigenvalue weighted by molar-refractivity contribution is -0.128. The number of benzene rings is 1. The van der Waals surface area contributed by atoms with Crippen molar-refractivity contribution in [3.8, 4) is 0 Å². The molecule has 0 saturated carbocycles. The first-order valence-corrected chi connectivity index (χ1v) is 6.47. The Bertz CT molecular complexity index is 403. The zero-order chi connectivity index (χ0) is 13.7. The minimum Gasteiger partial charge on any atom is -0.345 e. The van der Waals surface area contributed by atoms with E-state index in [4.69, 9.17) is 0 Å². The number of nitrogens with zero attached hydrogens (tertiary/aromatic N) is 1. The Balaban J connectivity index is 2.57. The molecule has 0 radical (unpaired) electrons. The first-order valence-electron chi connectivity index (χ1n) is 6.47. The van der Waals surface area contributed by atoms with E-state index in [0.29, 0.717) is 6.54 Å². The Morgan fingerprint density at radius 2 is 1.78 bits per heavy atom. The molecule has 3 heteroatoms. The van der Waals surface area contributed by atoms with Gasteiger partial charge in [0.25, 0.3) is 0 Å². The topological polar surface area (TPSA) is 32.3 Å². The Morgan fingerprint density at radius 3 is 2.28 bits per heavy atom. The Hall–Kier alpha value is -1.35. The van der Waals surface area contributed by atoms with Crippen LogP contribution in [0.1, 0.15) is 29.2 Å². The van der Waals surface area contributed by atoms with Crippen molar-refractivity contribution in [1.82, 2.24) is 10.2 Å². The number of carbonyl (C=O) groups is 1. The molecule has 1 rings (SSSR count). The number of hydrogen-bond donors (Lipinski definition) is 1. The quantitative estimate of drug-likeness (QED) is 0.866. The molecule has 1 aromatic carbocycles. The summed E-state index contributed by atoms with van der Waals surface area (Å²) in [6.45, 7) is 10.2. The lowest BCUT2D eigenvalue weighted by atomic mass is 10.00. The smallest absolute Gasteiger partial charge is 0.236 e. The second-order valence-corrected chi connectivity index (χ2v) is 4.89. The maximum absolute atomic E-state index is 11.7. The van der Waals surface area contributed by atoms with E-state index < -0.39 is 0 Å². The van der Waals surface area contributed by atoms with Crippen LogP contribution in [0.3, 0.4) is 0 Å². The Labute approximate surface area is 110 Å². The zero-order valence-electron chi connectivity index (χ0n) is 12.1. The van der Waals surface area contributed by atoms with Gasteiger partial charge in [-0.15, -0.1) is 0 Å². The third kappa shape index (κ3) is 3.84. The molecule has 0 fully saturated rings. The maximum atomic E-state index is 11.7. The highest BCUT2D eigenvalue weighted by atomic mass is 16.2. The minimum atomic E-state index is 0.139. The molecule has 0 aliphatic heterocycles. The van der Waals surface area contributed by atoms with Crippen molar-refractivity contribution < 1.29 is 4.79 Å². The van der Waals surface area contributed by atoms with Gasteiger partial charge in [-0.3, -0.25) is 4.79 Å². The number of nitrogens with one attached hydrogen (secondary N) is 1. The van der Waals surface area contributed by atoms with Gasteiger partial charge >= 0.3 is 0 Å². The molecule has 0 saturated heterocycles. The predicted octanol–water partition coefficient (Wildman–Crippen LogP) is 2.18. The fourth-order valence-electron chi connectivity index (χ4n) is 2.09. The number of amides is 1. The Morgan fingerprint density at radius 1 is 1.22 bits per heavy atom. The van der Waals surface area contributed by atoms with Crippen molar-refractivity contribution in [2.24, 2.45) is 0 Å². The predicted molar refractivity (Wildman–Crippen MR) is 75.7 cm³/mol. The lowest BCUT2D eigenvalue weighted by Crippen LogP contribution is -2.35. The fourth-order valence-corrected chi connectivity index (χ4v) is 2.09. The van der Waals surface area contributed by atoms with Crippen LogP contribution in [0.15, 0.2) is 12.1 Å². The lowest BCUT2D eigenvalue weighted by Gasteiger charge is -2.16. The largest absolute Gasteiger partial charge is 0.345 e. The van der Waals surface area contributed by atoms with Crippen LogP contribution in [0.4, 0.5) is 0 Å². The summed E-state index contributed by atoms with van der Waals surface area (Å²) in [5.74, 6) is 0.139. The Kier molecular flexibility index (Phi) is 5.35. The van der Waals surface area contributed by atoms with Gasteiger partial charge in [-0.1, -0.05) is 17.7 Å². The average Bonchev–Trinajstić information content (AvgIpc) is 2.31. The first-order chi connectivity index (χ1) is 8.45. The monoisotopic (exact) mass is 248 g/mol. The maximum Gasteiger partial charge on any atom is 0.236 e. The number of carbonyl (C=O) groups excluding carboxylic acids is 1. The summed E-state index contributed by atoms with van der Waals surface area (Å²) in [6.07, 6.45) is 0. The van der Waals surface area contributed by atoms with Crippen LogP contribution in [-0.4, -0.2) is 30.9 Å². The van der Waals surface area contributed by atoms with Crippen molar-refractivity contribution in [3.63, 3.8) is 0 Å². The molecule has 0 atom stereocenters. The van der Waals surface area contributed by atoms with E-state index >= 15 is 0 Å². The van der Waals surface area contributed by atoms with E-state index in [1.807, 2.05) is 14.0 Å². The summed E-state index contributed by atoms with van der Waals surface area (Å²) in [6, 6.07) is 4.37. The van der Waals surface area contributed by atoms with Crippen LogP contribution in [-0.2, 0) is 11.3 Å². The first kappa shape index (κ1) is 14.7. The van der Waals surface area contributed by atoms with Crippen LogP contribution in [0, 0.1) is 20.8 Å². The third-order valence-corrected chi connectivity index (χ3v) is 3.32. The molecule has 1 aromatic rings. The second kappa shape index (κ2) is 6.55. The summed E-state index contributed by atoms with van der Waals surface area (Å²) in [5, 5.41) is 3.23. The molecule has 0 aliphatic carbocycles. The van der Waals surface area contributed by atoms with Crippen molar-refractivity contribution in [3.05, 3.63) is 34.4 Å². The van der Waals surface area contributed by atoms with Gasteiger partial charge in [0.05, 0.1) is 6.54 Å². The average molecular weight is 248 g/mol. The highest BCUT2D eigenvalue weighted by Crippen LogP contribution is 2.15. The van der Waals surface area contributed by atoms with Gasteiger partial charge < -0.3 is 10.2 Å². The molecule has 0 unspecified atom stereocenters. The van der Waals surface area contributed by atoms with Gasteiger partial charge in [-0.2, -0.15) is 0 Å². The van der Waals surface area contributed by atoms with Crippen LogP contribution < -0.4 is 5.32 Å². The highest BCUT2D eigenvalue weighted by Gasteiger charge is 2.07. The number of aryl methyl sites for hydroxylation is 3. The van der Waals surface area contributed by atoms with E-state index in [1.54, 1.807) is 4.90 Å². The minimum absolute atomic E-state index is 0.139. The van der Waals surface area contributed by atoms with E-state index in [2.05, 4.69) is 38.2 Å². The molecule has 0 spiro atoms. The summed E-state index contributed by atoms with van der Waals surface area (Å²) in [7, 11) is 1.83. The van der Waals surface area contributed by atoms with Crippen LogP contribution in [0.2, 0.25) is 0 Å². The van der Waals surface area contributed by atoms with Crippen LogP contribution in [0.25, 0.3) is 0 Å². The van der Waals surface area contributed by atoms with Crippen molar-refractivity contribution in [2.45, 2.75) is 34.2 Å². The third-order valence-electron chi connectivity index (χ3n) is 3.32. The van der Waals surface area contributed by atoms with Gasteiger partial charge in [0, 0.05) is 20.1 Å². The van der Waals surface area contributed by atoms with E-state index in [9.17, 15) is 4.79 Å². The number of rotatable bonds is 5. The molecule has 0 aliphatic rings. The second-order valence-electron chi connectivity index (χ2n) is 4.89. The van der Waals surface area contributed by atoms with E-state index in [1.165, 1.54) is 22.3 Å². The zero-order valence-corrected chi connectivity index (χ0v) is 12.1. The van der Waals surface area contributed by atoms with Crippen molar-refractivity contribution >= 4 is 5.91 Å². The number of likely N-dealkylation sites (N-methyl/N-ethyl adjacent to an activating group) is 1. The van der Waals surface area contributed by atoms with E-state index in [0.717, 1.165) is 13.1 Å². The molecular formula is C15H24N2O. The molecule has 1 amide bonds. The van der Waals surface area contributed by atoms with Gasteiger partial charge in [-0.25, -0.2) is 0 Å². The molecule has 0 heterocycles. The number of hydrogen-bond acceptors (Lipinski definition) is 2. The van der Waals surface area contributed by atoms with Gasteiger partial charge in [0.15, 0.2) is 0 Å². The van der Waals surface area contributed by atoms with E-state index in [-0.39, 0.29) is 5.91 Å². The normalized spacial score (nSPS) is 10.5. The molecule has 3 nitrogen and oxygen atoms in total. The van der Waals surface area contributed by atoms with Crippen molar-refractivity contribution in [1.29, 1.82) is 0 Å². The standard InChI is InChI=1S/C15H24N2O/c1-6-17(5)15(18)10-16-9-14-12(3)7-11(2)8-13(14)4/h7-8,16H,6,9-10H2,1-5H3. The van der Waals surface area contributed by atoms with Crippen molar-refractivity contribution in [2.75, 3.05) is 20.1 Å². The highest BCUT2D eigenvalue weighted by molar-refractivity contribution is 5.77. The van der Waals surface area contributed by atoms with Crippen LogP contribution in [0.5, 0.6) is 0 Å². The van der Waals surface area contributed by atoms with Gasteiger partial charge in [-0.05, 0) is 44.4 Å². The SMILES string of the molecule is CCN(C)C(=O)CNCc1c(C)cc(C)cc1C. The fraction of sp³-hybridized carbons (Fsp3) is 0.533. The van der Waals surface area contributed by atoms with Crippen LogP contribution >= 0.6 is 0 Å². The summed E-state index contributed by atoms with van der Waals surface area (Å²) in [4.78, 5) is 13.4. The molecule has 0 bridgehead atoms. The van der Waals surface area contributed by atoms with Gasteiger partial charge in [0.1, 0.15) is 0 Å². The molecular weight excluding hydrogens is 224 g/mol. The molecule has 0 aromatic heterocycles. The van der Waals surface area contributed by atoms with Gasteiger partial charge in [0.2, 0.25) is 5.91 Å². The molecule has 1 N–H and O–H groups in total.